The zero-order valence-corrected chi connectivity index (χ0v) is 12.8. The molecule has 0 saturated carbocycles. The molecule has 1 aliphatic heterocycles. The molecule has 20 heavy (non-hydrogen) atoms. The van der Waals surface area contributed by atoms with Crippen LogP contribution < -0.4 is 15.2 Å². The number of piperidine rings is 1. The lowest BCUT2D eigenvalue weighted by Crippen LogP contribution is -2.39. The molecule has 4 nitrogen and oxygen atoms in total. The normalized spacial score (nSPS) is 18.8. The van der Waals surface area contributed by atoms with Crippen molar-refractivity contribution in [3.8, 4) is 11.5 Å². The Labute approximate surface area is 121 Å². The van der Waals surface area contributed by atoms with E-state index < -0.39 is 0 Å². The lowest BCUT2D eigenvalue weighted by molar-refractivity contribution is 0.141. The summed E-state index contributed by atoms with van der Waals surface area (Å²) < 4.78 is 10.7. The number of ether oxygens (including phenoxy) is 2. The minimum Gasteiger partial charge on any atom is -0.493 e. The molecule has 2 N–H and O–H groups in total. The van der Waals surface area contributed by atoms with Gasteiger partial charge in [-0.1, -0.05) is 13.0 Å². The summed E-state index contributed by atoms with van der Waals surface area (Å²) in [6.07, 6.45) is 2.51. The van der Waals surface area contributed by atoms with E-state index in [1.165, 1.54) is 18.4 Å². The van der Waals surface area contributed by atoms with Gasteiger partial charge in [0.15, 0.2) is 11.5 Å². The molecule has 1 heterocycles. The molecule has 1 atom stereocenters. The highest BCUT2D eigenvalue weighted by Crippen LogP contribution is 2.33. The van der Waals surface area contributed by atoms with Crippen LogP contribution in [0.2, 0.25) is 0 Å². The first kappa shape index (κ1) is 15.1. The number of benzene rings is 1. The van der Waals surface area contributed by atoms with Crippen LogP contribution in [-0.2, 0) is 0 Å². The predicted octanol–water partition coefficient (Wildman–Crippen LogP) is 2.44. The Bertz CT molecular complexity index is 428. The van der Waals surface area contributed by atoms with Gasteiger partial charge in [-0.15, -0.1) is 0 Å². The summed E-state index contributed by atoms with van der Waals surface area (Å²) in [6.45, 7) is 5.20. The maximum absolute atomic E-state index is 6.02. The number of methoxy groups -OCH3 is 2. The second-order valence-corrected chi connectivity index (χ2v) is 5.58. The van der Waals surface area contributed by atoms with Gasteiger partial charge in [-0.3, -0.25) is 4.90 Å². The molecule has 1 saturated heterocycles. The van der Waals surface area contributed by atoms with Crippen molar-refractivity contribution < 1.29 is 9.47 Å². The Morgan fingerprint density at radius 3 is 2.40 bits per heavy atom. The Kier molecular flexibility index (Phi) is 5.26. The average molecular weight is 278 g/mol. The molecular weight excluding hydrogens is 252 g/mol. The quantitative estimate of drug-likeness (QED) is 0.898. The van der Waals surface area contributed by atoms with Gasteiger partial charge in [-0.2, -0.15) is 0 Å². The molecule has 0 bridgehead atoms. The van der Waals surface area contributed by atoms with Crippen molar-refractivity contribution in [2.45, 2.75) is 25.8 Å². The monoisotopic (exact) mass is 278 g/mol. The molecule has 0 spiro atoms. The van der Waals surface area contributed by atoms with E-state index in [1.54, 1.807) is 14.2 Å². The van der Waals surface area contributed by atoms with Gasteiger partial charge in [0.2, 0.25) is 0 Å². The van der Waals surface area contributed by atoms with Crippen molar-refractivity contribution in [3.05, 3.63) is 23.8 Å². The summed E-state index contributed by atoms with van der Waals surface area (Å²) in [5, 5.41) is 0. The van der Waals surface area contributed by atoms with Gasteiger partial charge >= 0.3 is 0 Å². The van der Waals surface area contributed by atoms with E-state index in [0.29, 0.717) is 6.54 Å². The second-order valence-electron chi connectivity index (χ2n) is 5.58. The van der Waals surface area contributed by atoms with E-state index in [1.807, 2.05) is 12.1 Å². The maximum Gasteiger partial charge on any atom is 0.161 e. The third-order valence-electron chi connectivity index (χ3n) is 4.27. The lowest BCUT2D eigenvalue weighted by Gasteiger charge is -2.36. The highest BCUT2D eigenvalue weighted by Gasteiger charge is 2.24. The van der Waals surface area contributed by atoms with Crippen molar-refractivity contribution in [3.63, 3.8) is 0 Å². The standard InChI is InChI=1S/C16H26N2O2/c1-12-6-8-18(9-7-12)14(11-17)13-4-5-15(19-2)16(10-13)20-3/h4-5,10,12,14H,6-9,11,17H2,1-3H3. The minimum absolute atomic E-state index is 0.266. The molecule has 0 aliphatic carbocycles. The number of hydrogen-bond donors (Lipinski definition) is 1. The molecule has 4 heteroatoms. The summed E-state index contributed by atoms with van der Waals surface area (Å²) in [6, 6.07) is 6.37. The zero-order valence-electron chi connectivity index (χ0n) is 12.8. The van der Waals surface area contributed by atoms with Crippen LogP contribution in [0.5, 0.6) is 11.5 Å². The fourth-order valence-corrected chi connectivity index (χ4v) is 2.90. The van der Waals surface area contributed by atoms with Gasteiger partial charge in [0.25, 0.3) is 0 Å². The van der Waals surface area contributed by atoms with Crippen LogP contribution >= 0.6 is 0 Å². The zero-order chi connectivity index (χ0) is 14.5. The third-order valence-corrected chi connectivity index (χ3v) is 4.27. The van der Waals surface area contributed by atoms with Crippen LogP contribution in [0.15, 0.2) is 18.2 Å². The van der Waals surface area contributed by atoms with E-state index in [9.17, 15) is 0 Å². The number of nitrogens with two attached hydrogens (primary N) is 1. The van der Waals surface area contributed by atoms with E-state index in [0.717, 1.165) is 30.5 Å². The van der Waals surface area contributed by atoms with Crippen LogP contribution in [0.4, 0.5) is 0 Å². The van der Waals surface area contributed by atoms with E-state index >= 15 is 0 Å². The second kappa shape index (κ2) is 6.95. The average Bonchev–Trinajstić information content (AvgIpc) is 2.49. The molecule has 0 amide bonds. The molecule has 1 aromatic carbocycles. The number of hydrogen-bond acceptors (Lipinski definition) is 4. The van der Waals surface area contributed by atoms with Gasteiger partial charge in [0, 0.05) is 12.6 Å². The minimum atomic E-state index is 0.266. The molecule has 0 aromatic heterocycles. The van der Waals surface area contributed by atoms with Crippen molar-refractivity contribution >= 4 is 0 Å². The maximum atomic E-state index is 6.02. The number of nitrogens with zero attached hydrogens (tertiary/aromatic N) is 1. The summed E-state index contributed by atoms with van der Waals surface area (Å²) in [7, 11) is 3.33. The first-order valence-electron chi connectivity index (χ1n) is 7.35. The van der Waals surface area contributed by atoms with Gasteiger partial charge in [0.05, 0.1) is 14.2 Å². The molecule has 1 aromatic rings. The highest BCUT2D eigenvalue weighted by atomic mass is 16.5. The predicted molar refractivity (Wildman–Crippen MR) is 81.3 cm³/mol. The van der Waals surface area contributed by atoms with Crippen LogP contribution in [0, 0.1) is 5.92 Å². The van der Waals surface area contributed by atoms with Gasteiger partial charge < -0.3 is 15.2 Å². The fraction of sp³-hybridized carbons (Fsp3) is 0.625. The Hall–Kier alpha value is -1.26. The van der Waals surface area contributed by atoms with Crippen LogP contribution in [0.25, 0.3) is 0 Å². The topological polar surface area (TPSA) is 47.7 Å². The van der Waals surface area contributed by atoms with E-state index in [2.05, 4.69) is 17.9 Å². The molecule has 1 fully saturated rings. The summed E-state index contributed by atoms with van der Waals surface area (Å²) in [4.78, 5) is 2.49. The SMILES string of the molecule is COc1ccc(C(CN)N2CCC(C)CC2)cc1OC. The van der Waals surface area contributed by atoms with Crippen LogP contribution in [0.3, 0.4) is 0 Å². The fourth-order valence-electron chi connectivity index (χ4n) is 2.90. The van der Waals surface area contributed by atoms with Gasteiger partial charge in [0.1, 0.15) is 0 Å². The van der Waals surface area contributed by atoms with Crippen LogP contribution in [-0.4, -0.2) is 38.8 Å². The van der Waals surface area contributed by atoms with E-state index in [4.69, 9.17) is 15.2 Å². The van der Waals surface area contributed by atoms with E-state index in [-0.39, 0.29) is 6.04 Å². The smallest absolute Gasteiger partial charge is 0.161 e. The first-order chi connectivity index (χ1) is 9.69. The van der Waals surface area contributed by atoms with Crippen molar-refractivity contribution in [2.24, 2.45) is 11.7 Å². The summed E-state index contributed by atoms with van der Waals surface area (Å²) in [5.74, 6) is 2.36. The van der Waals surface area contributed by atoms with Crippen molar-refractivity contribution in [2.75, 3.05) is 33.9 Å². The molecule has 112 valence electrons. The van der Waals surface area contributed by atoms with Gasteiger partial charge in [-0.05, 0) is 49.5 Å². The lowest BCUT2D eigenvalue weighted by atomic mass is 9.95. The molecular formula is C16H26N2O2. The molecule has 1 aliphatic rings. The summed E-state index contributed by atoms with van der Waals surface area (Å²) >= 11 is 0. The summed E-state index contributed by atoms with van der Waals surface area (Å²) in [5.41, 5.74) is 7.23. The Morgan fingerprint density at radius 1 is 1.20 bits per heavy atom. The Balaban J connectivity index is 2.18. The Morgan fingerprint density at radius 2 is 1.85 bits per heavy atom. The highest BCUT2D eigenvalue weighted by molar-refractivity contribution is 5.43. The molecule has 0 radical (unpaired) electrons. The van der Waals surface area contributed by atoms with Gasteiger partial charge in [-0.25, -0.2) is 0 Å². The third kappa shape index (κ3) is 3.25. The largest absolute Gasteiger partial charge is 0.493 e. The molecule has 2 rings (SSSR count). The number of likely N-dealkylation sites (tertiary alicyclic amines) is 1. The first-order valence-corrected chi connectivity index (χ1v) is 7.35. The van der Waals surface area contributed by atoms with Crippen LogP contribution in [0.1, 0.15) is 31.4 Å². The van der Waals surface area contributed by atoms with Crippen molar-refractivity contribution in [1.29, 1.82) is 0 Å². The van der Waals surface area contributed by atoms with Crippen molar-refractivity contribution in [1.82, 2.24) is 4.90 Å². The molecule has 1 unspecified atom stereocenters. The number of rotatable bonds is 5.